The van der Waals surface area contributed by atoms with Crippen LogP contribution in [0.15, 0.2) is 24.3 Å². The van der Waals surface area contributed by atoms with E-state index in [1.54, 1.807) is 7.11 Å². The predicted molar refractivity (Wildman–Crippen MR) is 77.4 cm³/mol. The van der Waals surface area contributed by atoms with Gasteiger partial charge in [0.15, 0.2) is 0 Å². The van der Waals surface area contributed by atoms with E-state index in [2.05, 4.69) is 0 Å². The number of rotatable bonds is 2. The van der Waals surface area contributed by atoms with Crippen LogP contribution < -0.4 is 10.5 Å². The normalized spacial score (nSPS) is 45.6. The lowest BCUT2D eigenvalue weighted by molar-refractivity contribution is -0.189. The van der Waals surface area contributed by atoms with Crippen LogP contribution in [-0.2, 0) is 5.54 Å². The van der Waals surface area contributed by atoms with Crippen molar-refractivity contribution in [1.82, 2.24) is 0 Å². The molecule has 4 aliphatic rings. The Hall–Kier alpha value is -1.06. The van der Waals surface area contributed by atoms with Crippen molar-refractivity contribution >= 4 is 0 Å². The number of methoxy groups -OCH3 is 1. The summed E-state index contributed by atoms with van der Waals surface area (Å²) < 4.78 is 5.52. The summed E-state index contributed by atoms with van der Waals surface area (Å²) in [6, 6.07) is 7.96. The Morgan fingerprint density at radius 2 is 1.80 bits per heavy atom. The van der Waals surface area contributed by atoms with Crippen LogP contribution in [0.4, 0.5) is 0 Å². The van der Waals surface area contributed by atoms with Gasteiger partial charge in [0.1, 0.15) is 5.75 Å². The van der Waals surface area contributed by atoms with Crippen molar-refractivity contribution in [2.45, 2.75) is 43.2 Å². The Kier molecular flexibility index (Phi) is 2.52. The van der Waals surface area contributed by atoms with Crippen molar-refractivity contribution in [2.75, 3.05) is 7.11 Å². The zero-order chi connectivity index (χ0) is 14.0. The number of benzene rings is 1. The standard InChI is InChI=1S/C17H23NO2/c1-20-15-5-3-2-4-14(15)17(18)13-7-11-6-12(8-13)10-16(17,19)9-11/h2-5,11-13,19H,6-10,18H2,1H3. The Balaban J connectivity index is 1.87. The molecule has 3 heteroatoms. The summed E-state index contributed by atoms with van der Waals surface area (Å²) >= 11 is 0. The van der Waals surface area contributed by atoms with Gasteiger partial charge in [-0.1, -0.05) is 18.2 Å². The molecule has 4 saturated carbocycles. The fourth-order valence-electron chi connectivity index (χ4n) is 5.48. The molecule has 20 heavy (non-hydrogen) atoms. The van der Waals surface area contributed by atoms with Gasteiger partial charge in [-0.05, 0) is 55.9 Å². The third-order valence-electron chi connectivity index (χ3n) is 6.12. The second-order valence-corrected chi connectivity index (χ2v) is 7.15. The highest BCUT2D eigenvalue weighted by atomic mass is 16.5. The molecule has 0 saturated heterocycles. The molecular weight excluding hydrogens is 250 g/mol. The molecule has 4 fully saturated rings. The lowest BCUT2D eigenvalue weighted by Crippen LogP contribution is -2.71. The highest BCUT2D eigenvalue weighted by Gasteiger charge is 2.64. The maximum Gasteiger partial charge on any atom is 0.124 e. The van der Waals surface area contributed by atoms with E-state index in [1.807, 2.05) is 24.3 Å². The number of ether oxygens (including phenoxy) is 1. The smallest absolute Gasteiger partial charge is 0.124 e. The van der Waals surface area contributed by atoms with Gasteiger partial charge in [0.25, 0.3) is 0 Å². The van der Waals surface area contributed by atoms with Gasteiger partial charge in [-0.3, -0.25) is 0 Å². The quantitative estimate of drug-likeness (QED) is 0.870. The van der Waals surface area contributed by atoms with Crippen molar-refractivity contribution in [3.8, 4) is 5.75 Å². The van der Waals surface area contributed by atoms with E-state index in [1.165, 1.54) is 6.42 Å². The maximum absolute atomic E-state index is 11.3. The number of hydrogen-bond acceptors (Lipinski definition) is 3. The van der Waals surface area contributed by atoms with Crippen LogP contribution in [0.25, 0.3) is 0 Å². The molecule has 5 rings (SSSR count). The average molecular weight is 273 g/mol. The molecule has 4 aliphatic carbocycles. The Labute approximate surface area is 120 Å². The molecule has 4 bridgehead atoms. The first kappa shape index (κ1) is 12.7. The molecule has 0 spiro atoms. The van der Waals surface area contributed by atoms with E-state index in [0.717, 1.165) is 37.0 Å². The van der Waals surface area contributed by atoms with E-state index in [0.29, 0.717) is 17.8 Å². The number of aliphatic hydroxyl groups is 1. The van der Waals surface area contributed by atoms with Gasteiger partial charge in [0.2, 0.25) is 0 Å². The highest BCUT2D eigenvalue weighted by molar-refractivity contribution is 5.43. The summed E-state index contributed by atoms with van der Waals surface area (Å²) in [4.78, 5) is 0. The van der Waals surface area contributed by atoms with Crippen molar-refractivity contribution in [3.05, 3.63) is 29.8 Å². The van der Waals surface area contributed by atoms with Crippen LogP contribution in [0.2, 0.25) is 0 Å². The van der Waals surface area contributed by atoms with Crippen LogP contribution in [0.1, 0.15) is 37.7 Å². The van der Waals surface area contributed by atoms with Crippen molar-refractivity contribution in [2.24, 2.45) is 23.5 Å². The molecule has 3 unspecified atom stereocenters. The van der Waals surface area contributed by atoms with E-state index >= 15 is 0 Å². The Morgan fingerprint density at radius 3 is 2.40 bits per heavy atom. The van der Waals surface area contributed by atoms with Gasteiger partial charge >= 0.3 is 0 Å². The van der Waals surface area contributed by atoms with E-state index in [9.17, 15) is 5.11 Å². The van der Waals surface area contributed by atoms with Crippen LogP contribution in [0.5, 0.6) is 5.75 Å². The summed E-state index contributed by atoms with van der Waals surface area (Å²) in [5.41, 5.74) is 6.49. The van der Waals surface area contributed by atoms with Gasteiger partial charge in [0, 0.05) is 5.56 Å². The van der Waals surface area contributed by atoms with E-state index in [-0.39, 0.29) is 0 Å². The fourth-order valence-corrected chi connectivity index (χ4v) is 5.48. The molecule has 0 heterocycles. The molecule has 1 aromatic carbocycles. The molecule has 0 radical (unpaired) electrons. The largest absolute Gasteiger partial charge is 0.496 e. The highest BCUT2D eigenvalue weighted by Crippen LogP contribution is 2.63. The molecule has 3 N–H and O–H groups in total. The summed E-state index contributed by atoms with van der Waals surface area (Å²) in [5, 5.41) is 11.3. The summed E-state index contributed by atoms with van der Waals surface area (Å²) in [6.07, 6.45) is 5.32. The fraction of sp³-hybridized carbons (Fsp3) is 0.647. The summed E-state index contributed by atoms with van der Waals surface area (Å²) in [7, 11) is 1.68. The van der Waals surface area contributed by atoms with Crippen LogP contribution in [0.3, 0.4) is 0 Å². The first-order valence-corrected chi connectivity index (χ1v) is 7.71. The monoisotopic (exact) mass is 273 g/mol. The summed E-state index contributed by atoms with van der Waals surface area (Å²) in [5.74, 6) is 2.54. The molecule has 1 aromatic rings. The predicted octanol–water partition coefficient (Wildman–Crippen LogP) is 2.42. The maximum atomic E-state index is 11.3. The molecule has 3 nitrogen and oxygen atoms in total. The number of hydrogen-bond donors (Lipinski definition) is 2. The summed E-state index contributed by atoms with van der Waals surface area (Å²) in [6.45, 7) is 0. The third-order valence-corrected chi connectivity index (χ3v) is 6.12. The van der Waals surface area contributed by atoms with E-state index in [4.69, 9.17) is 10.5 Å². The van der Waals surface area contributed by atoms with Crippen molar-refractivity contribution in [3.63, 3.8) is 0 Å². The lowest BCUT2D eigenvalue weighted by Gasteiger charge is -2.64. The van der Waals surface area contributed by atoms with Gasteiger partial charge in [-0.25, -0.2) is 0 Å². The topological polar surface area (TPSA) is 55.5 Å². The van der Waals surface area contributed by atoms with Crippen LogP contribution >= 0.6 is 0 Å². The van der Waals surface area contributed by atoms with Crippen LogP contribution in [-0.4, -0.2) is 17.8 Å². The van der Waals surface area contributed by atoms with Crippen molar-refractivity contribution < 1.29 is 9.84 Å². The molecule has 0 aromatic heterocycles. The number of para-hydroxylation sites is 1. The van der Waals surface area contributed by atoms with E-state index < -0.39 is 11.1 Å². The first-order chi connectivity index (χ1) is 9.57. The molecule has 0 aliphatic heterocycles. The zero-order valence-corrected chi connectivity index (χ0v) is 12.0. The SMILES string of the molecule is COc1ccccc1C1(N)C2CC3CC(C2)CC1(O)C3. The molecule has 3 atom stereocenters. The first-order valence-electron chi connectivity index (χ1n) is 7.71. The van der Waals surface area contributed by atoms with Crippen LogP contribution in [0, 0.1) is 17.8 Å². The second kappa shape index (κ2) is 3.99. The molecular formula is C17H23NO2. The number of nitrogens with two attached hydrogens (primary N) is 1. The minimum Gasteiger partial charge on any atom is -0.496 e. The zero-order valence-electron chi connectivity index (χ0n) is 12.0. The third kappa shape index (κ3) is 1.43. The minimum absolute atomic E-state index is 0.384. The average Bonchev–Trinajstić information content (AvgIpc) is 2.43. The van der Waals surface area contributed by atoms with Gasteiger partial charge in [-0.2, -0.15) is 0 Å². The molecule has 0 amide bonds. The Bertz CT molecular complexity index is 530. The van der Waals surface area contributed by atoms with Gasteiger partial charge in [0.05, 0.1) is 18.2 Å². The van der Waals surface area contributed by atoms with Gasteiger partial charge in [-0.15, -0.1) is 0 Å². The lowest BCUT2D eigenvalue weighted by atomic mass is 9.45. The van der Waals surface area contributed by atoms with Crippen molar-refractivity contribution in [1.29, 1.82) is 0 Å². The van der Waals surface area contributed by atoms with Gasteiger partial charge < -0.3 is 15.6 Å². The second-order valence-electron chi connectivity index (χ2n) is 7.15. The Morgan fingerprint density at radius 1 is 1.15 bits per heavy atom. The minimum atomic E-state index is -0.754. The molecule has 108 valence electrons.